The molecular formula is C14H18N4S. The molecule has 2 N–H and O–H groups in total. The molecule has 0 spiro atoms. The van der Waals surface area contributed by atoms with Crippen molar-refractivity contribution >= 4 is 17.3 Å². The maximum absolute atomic E-state index is 5.17. The first-order chi connectivity index (χ1) is 9.29. The van der Waals surface area contributed by atoms with Gasteiger partial charge in [0.15, 0.2) is 5.11 Å². The van der Waals surface area contributed by atoms with Crippen LogP contribution in [0.4, 0.5) is 0 Å². The predicted octanol–water partition coefficient (Wildman–Crippen LogP) is 2.25. The molecule has 100 valence electrons. The lowest BCUT2D eigenvalue weighted by Gasteiger charge is -2.10. The zero-order valence-corrected chi connectivity index (χ0v) is 11.8. The minimum Gasteiger partial charge on any atom is -0.363 e. The lowest BCUT2D eigenvalue weighted by atomic mass is 10.2. The predicted molar refractivity (Wildman–Crippen MR) is 81.3 cm³/mol. The number of hydrogen-bond donors (Lipinski definition) is 2. The van der Waals surface area contributed by atoms with Crippen molar-refractivity contribution in [1.29, 1.82) is 0 Å². The van der Waals surface area contributed by atoms with Crippen molar-refractivity contribution in [2.45, 2.75) is 19.9 Å². The number of nitrogens with zero attached hydrogens (tertiary/aromatic N) is 2. The minimum absolute atomic E-state index is 0.706. The van der Waals surface area contributed by atoms with Crippen molar-refractivity contribution in [2.24, 2.45) is 0 Å². The van der Waals surface area contributed by atoms with Gasteiger partial charge in [0.1, 0.15) is 0 Å². The van der Waals surface area contributed by atoms with Gasteiger partial charge in [-0.1, -0.05) is 19.1 Å². The lowest BCUT2D eigenvalue weighted by Crippen LogP contribution is -2.35. The number of nitrogens with one attached hydrogen (secondary N) is 2. The van der Waals surface area contributed by atoms with Crippen molar-refractivity contribution in [3.8, 4) is 5.69 Å². The Hall–Kier alpha value is -1.88. The molecule has 5 heteroatoms. The maximum atomic E-state index is 5.17. The highest BCUT2D eigenvalue weighted by Crippen LogP contribution is 2.08. The van der Waals surface area contributed by atoms with E-state index in [-0.39, 0.29) is 0 Å². The molecule has 0 radical (unpaired) electrons. The van der Waals surface area contributed by atoms with Crippen molar-refractivity contribution in [2.75, 3.05) is 6.54 Å². The summed E-state index contributed by atoms with van der Waals surface area (Å²) in [4.78, 5) is 0. The standard InChI is InChI=1S/C14H18N4S/c1-2-8-15-14(19)16-11-12-4-6-13(7-5-12)18-10-3-9-17-18/h3-7,9-10H,2,8,11H2,1H3,(H2,15,16,19). The first-order valence-corrected chi connectivity index (χ1v) is 6.81. The molecule has 0 atom stereocenters. The van der Waals surface area contributed by atoms with E-state index in [2.05, 4.69) is 34.8 Å². The highest BCUT2D eigenvalue weighted by Gasteiger charge is 1.98. The molecule has 2 aromatic rings. The molecule has 0 amide bonds. The van der Waals surface area contributed by atoms with Crippen LogP contribution in [0.25, 0.3) is 5.69 Å². The molecule has 1 heterocycles. The fourth-order valence-electron chi connectivity index (χ4n) is 1.67. The van der Waals surface area contributed by atoms with Crippen LogP contribution in [0.15, 0.2) is 42.7 Å². The van der Waals surface area contributed by atoms with Crippen LogP contribution >= 0.6 is 12.2 Å². The van der Waals surface area contributed by atoms with E-state index >= 15 is 0 Å². The van der Waals surface area contributed by atoms with E-state index in [1.165, 1.54) is 5.56 Å². The van der Waals surface area contributed by atoms with Gasteiger partial charge in [-0.2, -0.15) is 5.10 Å². The van der Waals surface area contributed by atoms with Gasteiger partial charge >= 0.3 is 0 Å². The largest absolute Gasteiger partial charge is 0.363 e. The average Bonchev–Trinajstić information content (AvgIpc) is 2.97. The molecule has 0 aliphatic carbocycles. The summed E-state index contributed by atoms with van der Waals surface area (Å²) in [6.07, 6.45) is 4.77. The molecule has 0 aliphatic heterocycles. The van der Waals surface area contributed by atoms with Crippen molar-refractivity contribution < 1.29 is 0 Å². The van der Waals surface area contributed by atoms with Gasteiger partial charge in [0.05, 0.1) is 5.69 Å². The molecule has 0 saturated heterocycles. The fraction of sp³-hybridized carbons (Fsp3) is 0.286. The van der Waals surface area contributed by atoms with E-state index in [1.54, 1.807) is 6.20 Å². The molecule has 0 bridgehead atoms. The third-order valence-corrected chi connectivity index (χ3v) is 2.98. The second kappa shape index (κ2) is 6.89. The molecule has 2 rings (SSSR count). The quantitative estimate of drug-likeness (QED) is 0.821. The summed E-state index contributed by atoms with van der Waals surface area (Å²) in [5, 5.41) is 11.2. The van der Waals surface area contributed by atoms with Crippen LogP contribution in [-0.4, -0.2) is 21.4 Å². The molecule has 0 aliphatic rings. The molecule has 4 nitrogen and oxygen atoms in total. The van der Waals surface area contributed by atoms with E-state index in [0.717, 1.165) is 25.2 Å². The van der Waals surface area contributed by atoms with Crippen LogP contribution in [0.3, 0.4) is 0 Å². The normalized spacial score (nSPS) is 10.2. The van der Waals surface area contributed by atoms with Gasteiger partial charge in [-0.05, 0) is 42.4 Å². The van der Waals surface area contributed by atoms with Crippen LogP contribution in [-0.2, 0) is 6.54 Å². The summed E-state index contributed by atoms with van der Waals surface area (Å²) in [6, 6.07) is 10.2. The third kappa shape index (κ3) is 4.06. The second-order valence-electron chi connectivity index (χ2n) is 4.23. The SMILES string of the molecule is CCCNC(=S)NCc1ccc(-n2cccn2)cc1. The highest BCUT2D eigenvalue weighted by molar-refractivity contribution is 7.80. The van der Waals surface area contributed by atoms with Crippen LogP contribution in [0.2, 0.25) is 0 Å². The molecule has 0 unspecified atom stereocenters. The minimum atomic E-state index is 0.706. The summed E-state index contributed by atoms with van der Waals surface area (Å²) in [5.41, 5.74) is 2.25. The first kappa shape index (κ1) is 13.5. The molecule has 19 heavy (non-hydrogen) atoms. The van der Waals surface area contributed by atoms with E-state index in [9.17, 15) is 0 Å². The van der Waals surface area contributed by atoms with E-state index in [4.69, 9.17) is 12.2 Å². The summed E-state index contributed by atoms with van der Waals surface area (Å²) in [5.74, 6) is 0. The average molecular weight is 274 g/mol. The van der Waals surface area contributed by atoms with Gasteiger partial charge in [-0.3, -0.25) is 0 Å². The Morgan fingerprint density at radius 1 is 1.26 bits per heavy atom. The van der Waals surface area contributed by atoms with Crippen LogP contribution < -0.4 is 10.6 Å². The summed E-state index contributed by atoms with van der Waals surface area (Å²) < 4.78 is 1.84. The topological polar surface area (TPSA) is 41.9 Å². The number of aromatic nitrogens is 2. The van der Waals surface area contributed by atoms with Crippen molar-refractivity contribution in [3.05, 3.63) is 48.3 Å². The summed E-state index contributed by atoms with van der Waals surface area (Å²) >= 11 is 5.17. The Bertz CT molecular complexity index is 505. The monoisotopic (exact) mass is 274 g/mol. The van der Waals surface area contributed by atoms with Gasteiger partial charge in [-0.25, -0.2) is 4.68 Å². The summed E-state index contributed by atoms with van der Waals surface area (Å²) in [7, 11) is 0. The zero-order valence-electron chi connectivity index (χ0n) is 11.0. The fourth-order valence-corrected chi connectivity index (χ4v) is 1.85. The number of benzene rings is 1. The van der Waals surface area contributed by atoms with Gasteiger partial charge < -0.3 is 10.6 Å². The second-order valence-corrected chi connectivity index (χ2v) is 4.63. The van der Waals surface area contributed by atoms with Crippen LogP contribution in [0.1, 0.15) is 18.9 Å². The van der Waals surface area contributed by atoms with E-state index in [0.29, 0.717) is 5.11 Å². The van der Waals surface area contributed by atoms with Gasteiger partial charge in [0, 0.05) is 25.5 Å². The van der Waals surface area contributed by atoms with E-state index in [1.807, 2.05) is 29.1 Å². The Morgan fingerprint density at radius 3 is 2.68 bits per heavy atom. The summed E-state index contributed by atoms with van der Waals surface area (Å²) in [6.45, 7) is 3.75. The third-order valence-electron chi connectivity index (χ3n) is 2.69. The van der Waals surface area contributed by atoms with Crippen LogP contribution in [0.5, 0.6) is 0 Å². The maximum Gasteiger partial charge on any atom is 0.166 e. The van der Waals surface area contributed by atoms with Gasteiger partial charge in [-0.15, -0.1) is 0 Å². The molecule has 0 saturated carbocycles. The van der Waals surface area contributed by atoms with Gasteiger partial charge in [0.25, 0.3) is 0 Å². The number of thiocarbonyl (C=S) groups is 1. The van der Waals surface area contributed by atoms with Crippen LogP contribution in [0, 0.1) is 0 Å². The lowest BCUT2D eigenvalue weighted by molar-refractivity contribution is 0.799. The van der Waals surface area contributed by atoms with Crippen molar-refractivity contribution in [1.82, 2.24) is 20.4 Å². The molecule has 0 fully saturated rings. The van der Waals surface area contributed by atoms with Gasteiger partial charge in [0.2, 0.25) is 0 Å². The Labute approximate surface area is 118 Å². The molecular weight excluding hydrogens is 256 g/mol. The number of hydrogen-bond acceptors (Lipinski definition) is 2. The smallest absolute Gasteiger partial charge is 0.166 e. The highest BCUT2D eigenvalue weighted by atomic mass is 32.1. The molecule has 1 aromatic heterocycles. The molecule has 1 aromatic carbocycles. The Balaban J connectivity index is 1.87. The van der Waals surface area contributed by atoms with E-state index < -0.39 is 0 Å². The Kier molecular flexibility index (Phi) is 4.92. The Morgan fingerprint density at radius 2 is 2.05 bits per heavy atom. The van der Waals surface area contributed by atoms with Crippen molar-refractivity contribution in [3.63, 3.8) is 0 Å². The zero-order chi connectivity index (χ0) is 13.5. The number of rotatable bonds is 5. The first-order valence-electron chi connectivity index (χ1n) is 6.40.